The molecule has 1 saturated heterocycles. The highest BCUT2D eigenvalue weighted by Gasteiger charge is 2.20. The van der Waals surface area contributed by atoms with Crippen molar-refractivity contribution in [3.63, 3.8) is 0 Å². The highest BCUT2D eigenvalue weighted by Crippen LogP contribution is 2.22. The van der Waals surface area contributed by atoms with E-state index >= 15 is 0 Å². The molecule has 0 saturated carbocycles. The Balaban J connectivity index is 1.72. The van der Waals surface area contributed by atoms with E-state index < -0.39 is 0 Å². The van der Waals surface area contributed by atoms with E-state index in [-0.39, 0.29) is 5.91 Å². The largest absolute Gasteiger partial charge is 0.488 e. The van der Waals surface area contributed by atoms with Crippen LogP contribution in [0.4, 0.5) is 0 Å². The molecule has 0 aromatic heterocycles. The summed E-state index contributed by atoms with van der Waals surface area (Å²) < 4.78 is 5.90. The second kappa shape index (κ2) is 8.18. The van der Waals surface area contributed by atoms with Gasteiger partial charge in [-0.2, -0.15) is 0 Å². The predicted octanol–water partition coefficient (Wildman–Crippen LogP) is 3.35. The third-order valence-corrected chi connectivity index (χ3v) is 4.30. The third-order valence-electron chi connectivity index (χ3n) is 4.05. The first-order valence-corrected chi connectivity index (χ1v) is 8.58. The van der Waals surface area contributed by atoms with Crippen molar-refractivity contribution in [3.8, 4) is 5.75 Å². The van der Waals surface area contributed by atoms with Crippen LogP contribution in [0.2, 0.25) is 5.02 Å². The van der Waals surface area contributed by atoms with Crippen LogP contribution in [0.15, 0.2) is 48.5 Å². The zero-order chi connectivity index (χ0) is 16.8. The van der Waals surface area contributed by atoms with Gasteiger partial charge in [-0.1, -0.05) is 35.9 Å². The normalized spacial score (nSPS) is 15.0. The zero-order valence-corrected chi connectivity index (χ0v) is 14.3. The molecule has 1 fully saturated rings. The number of para-hydroxylation sites is 1. The highest BCUT2D eigenvalue weighted by atomic mass is 35.5. The summed E-state index contributed by atoms with van der Waals surface area (Å²) in [5.74, 6) is 0.653. The maximum Gasteiger partial charge on any atom is 0.257 e. The number of amides is 1. The molecular weight excluding hydrogens is 324 g/mol. The fourth-order valence-corrected chi connectivity index (χ4v) is 2.86. The van der Waals surface area contributed by atoms with Gasteiger partial charge in [0.15, 0.2) is 0 Å². The molecule has 0 bridgehead atoms. The van der Waals surface area contributed by atoms with Crippen LogP contribution in [0.1, 0.15) is 22.3 Å². The SMILES string of the molecule is O=C(c1ccccc1OCc1ccc(Cl)cc1)N1CCCNCC1. The Labute approximate surface area is 147 Å². The summed E-state index contributed by atoms with van der Waals surface area (Å²) in [6.45, 7) is 3.70. The number of hydrogen-bond donors (Lipinski definition) is 1. The average Bonchev–Trinajstić information content (AvgIpc) is 2.90. The van der Waals surface area contributed by atoms with Gasteiger partial charge in [0.25, 0.3) is 5.91 Å². The lowest BCUT2D eigenvalue weighted by Gasteiger charge is -2.21. The molecule has 2 aromatic carbocycles. The van der Waals surface area contributed by atoms with Crippen molar-refractivity contribution in [3.05, 3.63) is 64.7 Å². The standard InChI is InChI=1S/C19H21ClN2O2/c20-16-8-6-15(7-9-16)14-24-18-5-2-1-4-17(18)19(23)22-12-3-10-21-11-13-22/h1-2,4-9,21H,3,10-14H2. The smallest absolute Gasteiger partial charge is 0.257 e. The molecule has 0 aliphatic carbocycles. The van der Waals surface area contributed by atoms with Gasteiger partial charge in [-0.05, 0) is 42.8 Å². The fraction of sp³-hybridized carbons (Fsp3) is 0.316. The number of nitrogens with zero attached hydrogens (tertiary/aromatic N) is 1. The fourth-order valence-electron chi connectivity index (χ4n) is 2.73. The molecule has 1 aliphatic heterocycles. The monoisotopic (exact) mass is 344 g/mol. The van der Waals surface area contributed by atoms with E-state index in [9.17, 15) is 4.79 Å². The van der Waals surface area contributed by atoms with E-state index in [4.69, 9.17) is 16.3 Å². The van der Waals surface area contributed by atoms with E-state index in [0.29, 0.717) is 22.9 Å². The molecule has 1 amide bonds. The highest BCUT2D eigenvalue weighted by molar-refractivity contribution is 6.30. The summed E-state index contributed by atoms with van der Waals surface area (Å²) in [4.78, 5) is 14.7. The van der Waals surface area contributed by atoms with Crippen molar-refractivity contribution in [2.75, 3.05) is 26.2 Å². The van der Waals surface area contributed by atoms with Crippen molar-refractivity contribution in [2.24, 2.45) is 0 Å². The van der Waals surface area contributed by atoms with Gasteiger partial charge in [-0.3, -0.25) is 4.79 Å². The summed E-state index contributed by atoms with van der Waals surface area (Å²) >= 11 is 5.90. The third kappa shape index (κ3) is 4.28. The molecule has 3 rings (SSSR count). The molecule has 0 atom stereocenters. The molecule has 1 N–H and O–H groups in total. The van der Waals surface area contributed by atoms with Gasteiger partial charge in [-0.15, -0.1) is 0 Å². The second-order valence-electron chi connectivity index (χ2n) is 5.81. The van der Waals surface area contributed by atoms with Gasteiger partial charge in [0.1, 0.15) is 12.4 Å². The van der Waals surface area contributed by atoms with Crippen molar-refractivity contribution in [2.45, 2.75) is 13.0 Å². The minimum atomic E-state index is 0.0328. The van der Waals surface area contributed by atoms with E-state index in [2.05, 4.69) is 5.32 Å². The van der Waals surface area contributed by atoms with Crippen LogP contribution < -0.4 is 10.1 Å². The maximum atomic E-state index is 12.8. The van der Waals surface area contributed by atoms with Gasteiger partial charge in [0.2, 0.25) is 0 Å². The predicted molar refractivity (Wildman–Crippen MR) is 95.6 cm³/mol. The summed E-state index contributed by atoms with van der Waals surface area (Å²) in [5.41, 5.74) is 1.63. The Hall–Kier alpha value is -2.04. The summed E-state index contributed by atoms with van der Waals surface area (Å²) in [5, 5.41) is 4.01. The first-order chi connectivity index (χ1) is 11.7. The van der Waals surface area contributed by atoms with Gasteiger partial charge in [-0.25, -0.2) is 0 Å². The molecule has 0 unspecified atom stereocenters. The Kier molecular flexibility index (Phi) is 5.72. The van der Waals surface area contributed by atoms with Gasteiger partial charge in [0, 0.05) is 24.7 Å². The van der Waals surface area contributed by atoms with Crippen LogP contribution >= 0.6 is 11.6 Å². The van der Waals surface area contributed by atoms with E-state index in [0.717, 1.165) is 38.2 Å². The molecule has 0 radical (unpaired) electrons. The Morgan fingerprint density at radius 3 is 2.71 bits per heavy atom. The molecule has 5 heteroatoms. The van der Waals surface area contributed by atoms with E-state index in [1.807, 2.05) is 53.4 Å². The Bertz CT molecular complexity index is 680. The molecule has 1 aliphatic rings. The number of halogens is 1. The van der Waals surface area contributed by atoms with Gasteiger partial charge >= 0.3 is 0 Å². The first-order valence-electron chi connectivity index (χ1n) is 8.20. The lowest BCUT2D eigenvalue weighted by atomic mass is 10.1. The number of nitrogens with one attached hydrogen (secondary N) is 1. The lowest BCUT2D eigenvalue weighted by molar-refractivity contribution is 0.0761. The van der Waals surface area contributed by atoms with Crippen LogP contribution in [-0.2, 0) is 6.61 Å². The molecule has 24 heavy (non-hydrogen) atoms. The minimum Gasteiger partial charge on any atom is -0.488 e. The van der Waals surface area contributed by atoms with Crippen molar-refractivity contribution < 1.29 is 9.53 Å². The second-order valence-corrected chi connectivity index (χ2v) is 6.24. The van der Waals surface area contributed by atoms with Gasteiger partial charge in [0.05, 0.1) is 5.56 Å². The number of benzene rings is 2. The van der Waals surface area contributed by atoms with Crippen molar-refractivity contribution in [1.29, 1.82) is 0 Å². The summed E-state index contributed by atoms with van der Waals surface area (Å²) in [6, 6.07) is 15.0. The number of hydrogen-bond acceptors (Lipinski definition) is 3. The minimum absolute atomic E-state index is 0.0328. The van der Waals surface area contributed by atoms with Crippen LogP contribution in [0.25, 0.3) is 0 Å². The van der Waals surface area contributed by atoms with Crippen LogP contribution in [-0.4, -0.2) is 37.0 Å². The maximum absolute atomic E-state index is 12.8. The van der Waals surface area contributed by atoms with Crippen LogP contribution in [0.5, 0.6) is 5.75 Å². The molecular formula is C19H21ClN2O2. The topological polar surface area (TPSA) is 41.6 Å². The number of carbonyl (C=O) groups excluding carboxylic acids is 1. The molecule has 2 aromatic rings. The Morgan fingerprint density at radius 2 is 1.88 bits per heavy atom. The number of carbonyl (C=O) groups is 1. The van der Waals surface area contributed by atoms with Crippen molar-refractivity contribution in [1.82, 2.24) is 10.2 Å². The molecule has 126 valence electrons. The average molecular weight is 345 g/mol. The lowest BCUT2D eigenvalue weighted by Crippen LogP contribution is -2.34. The van der Waals surface area contributed by atoms with Crippen LogP contribution in [0.3, 0.4) is 0 Å². The Morgan fingerprint density at radius 1 is 1.08 bits per heavy atom. The summed E-state index contributed by atoms with van der Waals surface area (Å²) in [7, 11) is 0. The number of rotatable bonds is 4. The summed E-state index contributed by atoms with van der Waals surface area (Å²) in [6.07, 6.45) is 0.972. The quantitative estimate of drug-likeness (QED) is 0.924. The van der Waals surface area contributed by atoms with E-state index in [1.54, 1.807) is 0 Å². The molecule has 0 spiro atoms. The number of ether oxygens (including phenoxy) is 1. The van der Waals surface area contributed by atoms with Crippen LogP contribution in [0, 0.1) is 0 Å². The molecule has 4 nitrogen and oxygen atoms in total. The molecule has 1 heterocycles. The van der Waals surface area contributed by atoms with E-state index in [1.165, 1.54) is 0 Å². The first kappa shape index (κ1) is 16.8. The zero-order valence-electron chi connectivity index (χ0n) is 13.5. The van der Waals surface area contributed by atoms with Crippen molar-refractivity contribution >= 4 is 17.5 Å². The van der Waals surface area contributed by atoms with Gasteiger partial charge < -0.3 is 15.0 Å².